The largest absolute Gasteiger partial charge is 0.431 e. The Morgan fingerprint density at radius 1 is 1.00 bits per heavy atom. The molecule has 0 aromatic heterocycles. The summed E-state index contributed by atoms with van der Waals surface area (Å²) < 4.78 is 113. The maximum atomic E-state index is 13.4. The number of nitrogens with one attached hydrogen (secondary N) is 1. The number of alkyl halides is 7. The number of quaternary nitrogens is 1. The van der Waals surface area contributed by atoms with Crippen LogP contribution >= 0.6 is 0 Å². The number of hydrogen-bond donors (Lipinski definition) is 1. The van der Waals surface area contributed by atoms with Crippen molar-refractivity contribution in [3.63, 3.8) is 0 Å². The number of carbonyl (C=O) groups is 1. The second kappa shape index (κ2) is 8.38. The predicted octanol–water partition coefficient (Wildman–Crippen LogP) is 2.18. The number of halogens is 7. The van der Waals surface area contributed by atoms with Crippen molar-refractivity contribution in [1.29, 1.82) is 0 Å². The second-order valence-electron chi connectivity index (χ2n) is 6.63. The van der Waals surface area contributed by atoms with Crippen molar-refractivity contribution >= 4 is 15.8 Å². The van der Waals surface area contributed by atoms with Crippen molar-refractivity contribution < 1.29 is 48.4 Å². The van der Waals surface area contributed by atoms with Crippen molar-refractivity contribution in [2.75, 3.05) is 39.5 Å². The lowest BCUT2D eigenvalue weighted by molar-refractivity contribution is -0.882. The molecule has 1 N–H and O–H groups in total. The standard InChI is InChI=1S/C13H22F7N2O3S/c1-10(23)9-22(2,3)7-4-6-21-26(24,25)8-5-11(14,12(15,16)17)13(18,19)20/h21H,4-9H2,1-3H3/q+1. The first kappa shape index (κ1) is 25.1. The van der Waals surface area contributed by atoms with Crippen LogP contribution in [0.5, 0.6) is 0 Å². The first-order valence-electron chi connectivity index (χ1n) is 7.44. The van der Waals surface area contributed by atoms with E-state index in [0.717, 1.165) is 0 Å². The fraction of sp³-hybridized carbons (Fsp3) is 0.923. The van der Waals surface area contributed by atoms with E-state index in [0.29, 0.717) is 6.54 Å². The van der Waals surface area contributed by atoms with Gasteiger partial charge in [-0.15, -0.1) is 0 Å². The predicted molar refractivity (Wildman–Crippen MR) is 79.5 cm³/mol. The lowest BCUT2D eigenvalue weighted by atomic mass is 10.0. The molecule has 0 spiro atoms. The minimum atomic E-state index is -6.28. The van der Waals surface area contributed by atoms with Crippen LogP contribution in [-0.4, -0.2) is 76.2 Å². The maximum Gasteiger partial charge on any atom is 0.431 e. The molecule has 26 heavy (non-hydrogen) atoms. The van der Waals surface area contributed by atoms with Gasteiger partial charge in [-0.2, -0.15) is 26.3 Å². The highest BCUT2D eigenvalue weighted by molar-refractivity contribution is 7.89. The van der Waals surface area contributed by atoms with Crippen molar-refractivity contribution in [3.05, 3.63) is 0 Å². The number of ketones is 1. The Morgan fingerprint density at radius 2 is 1.46 bits per heavy atom. The third-order valence-electron chi connectivity index (χ3n) is 3.53. The Balaban J connectivity index is 4.70. The number of carbonyl (C=O) groups excluding carboxylic acids is 1. The number of hydrogen-bond acceptors (Lipinski definition) is 3. The van der Waals surface area contributed by atoms with E-state index in [2.05, 4.69) is 0 Å². The topological polar surface area (TPSA) is 63.2 Å². The molecule has 0 saturated carbocycles. The van der Waals surface area contributed by atoms with Crippen LogP contribution in [0.1, 0.15) is 19.8 Å². The lowest BCUT2D eigenvalue weighted by Gasteiger charge is -2.30. The van der Waals surface area contributed by atoms with Gasteiger partial charge in [0.15, 0.2) is 5.78 Å². The third-order valence-corrected chi connectivity index (χ3v) is 4.91. The zero-order chi connectivity index (χ0) is 21.0. The van der Waals surface area contributed by atoms with Gasteiger partial charge in [0.1, 0.15) is 6.54 Å². The maximum absolute atomic E-state index is 13.4. The summed E-state index contributed by atoms with van der Waals surface area (Å²) in [6.45, 7) is 1.61. The fourth-order valence-electron chi connectivity index (χ4n) is 2.21. The molecule has 0 fully saturated rings. The van der Waals surface area contributed by atoms with Crippen LogP contribution in [0.3, 0.4) is 0 Å². The van der Waals surface area contributed by atoms with E-state index in [1.807, 2.05) is 4.72 Å². The Bertz CT molecular complexity index is 572. The van der Waals surface area contributed by atoms with E-state index >= 15 is 0 Å². The van der Waals surface area contributed by atoms with Gasteiger partial charge in [0.2, 0.25) is 10.0 Å². The molecule has 0 radical (unpaired) electrons. The van der Waals surface area contributed by atoms with Crippen molar-refractivity contribution in [2.24, 2.45) is 0 Å². The molecular weight excluding hydrogens is 397 g/mol. The summed E-state index contributed by atoms with van der Waals surface area (Å²) in [4.78, 5) is 11.0. The fourth-order valence-corrected chi connectivity index (χ4v) is 3.36. The Hall–Kier alpha value is -0.950. The van der Waals surface area contributed by atoms with E-state index in [1.54, 1.807) is 14.1 Å². The molecule has 5 nitrogen and oxygen atoms in total. The first-order chi connectivity index (χ1) is 11.3. The average Bonchev–Trinajstić information content (AvgIpc) is 2.37. The summed E-state index contributed by atoms with van der Waals surface area (Å²) in [6, 6.07) is 0. The van der Waals surface area contributed by atoms with Crippen molar-refractivity contribution in [1.82, 2.24) is 4.72 Å². The molecule has 156 valence electrons. The van der Waals surface area contributed by atoms with Gasteiger partial charge in [0, 0.05) is 26.3 Å². The lowest BCUT2D eigenvalue weighted by Crippen LogP contribution is -2.54. The zero-order valence-corrected chi connectivity index (χ0v) is 15.3. The highest BCUT2D eigenvalue weighted by Crippen LogP contribution is 2.48. The molecule has 0 aromatic rings. The summed E-state index contributed by atoms with van der Waals surface area (Å²) in [5.74, 6) is -1.78. The molecule has 0 rings (SSSR count). The molecule has 0 aromatic carbocycles. The number of sulfonamides is 1. The van der Waals surface area contributed by atoms with E-state index in [4.69, 9.17) is 0 Å². The van der Waals surface area contributed by atoms with E-state index < -0.39 is 40.2 Å². The summed E-state index contributed by atoms with van der Waals surface area (Å²) >= 11 is 0. The van der Waals surface area contributed by atoms with Gasteiger partial charge in [0.05, 0.1) is 26.4 Å². The third kappa shape index (κ3) is 7.74. The molecule has 0 atom stereocenters. The highest BCUT2D eigenvalue weighted by atomic mass is 32.2. The SMILES string of the molecule is CC(=O)C[N+](C)(C)CCCNS(=O)(=O)CCC(F)(C(F)(F)F)C(F)(F)F. The van der Waals surface area contributed by atoms with Gasteiger partial charge >= 0.3 is 12.4 Å². The number of rotatable bonds is 10. The van der Waals surface area contributed by atoms with Gasteiger partial charge in [-0.25, -0.2) is 17.5 Å². The molecular formula is C13H22F7N2O3S+. The van der Waals surface area contributed by atoms with Crippen molar-refractivity contribution in [3.8, 4) is 0 Å². The van der Waals surface area contributed by atoms with Gasteiger partial charge in [-0.1, -0.05) is 0 Å². The first-order valence-corrected chi connectivity index (χ1v) is 9.09. The van der Waals surface area contributed by atoms with Crippen LogP contribution < -0.4 is 4.72 Å². The van der Waals surface area contributed by atoms with E-state index in [1.165, 1.54) is 6.92 Å². The Kier molecular flexibility index (Phi) is 8.07. The summed E-state index contributed by atoms with van der Waals surface area (Å²) in [7, 11) is -1.15. The van der Waals surface area contributed by atoms with Gasteiger partial charge in [-0.05, 0) is 0 Å². The summed E-state index contributed by atoms with van der Waals surface area (Å²) in [5, 5.41) is 0. The smallest absolute Gasteiger partial charge is 0.322 e. The van der Waals surface area contributed by atoms with Crippen LogP contribution in [0.15, 0.2) is 0 Å². The molecule has 0 aliphatic heterocycles. The van der Waals surface area contributed by atoms with E-state index in [-0.39, 0.29) is 29.8 Å². The van der Waals surface area contributed by atoms with Crippen LogP contribution in [0.4, 0.5) is 30.7 Å². The van der Waals surface area contributed by atoms with E-state index in [9.17, 15) is 43.9 Å². The Labute approximate surface area is 147 Å². The minimum absolute atomic E-state index is 0.103. The monoisotopic (exact) mass is 419 g/mol. The molecule has 0 amide bonds. The molecule has 13 heteroatoms. The number of nitrogens with zero attached hydrogens (tertiary/aromatic N) is 1. The minimum Gasteiger partial charge on any atom is -0.322 e. The number of Topliss-reactive ketones (excluding diaryl/α,β-unsaturated/α-hetero) is 1. The van der Waals surface area contributed by atoms with Crippen molar-refractivity contribution in [2.45, 2.75) is 37.8 Å². The number of likely N-dealkylation sites (N-methyl/N-ethyl adjacent to an activating group) is 1. The summed E-state index contributed by atoms with van der Waals surface area (Å²) in [6.07, 6.45) is -14.7. The molecule has 0 unspecified atom stereocenters. The highest BCUT2D eigenvalue weighted by Gasteiger charge is 2.72. The van der Waals surface area contributed by atoms with Gasteiger partial charge < -0.3 is 4.48 Å². The Morgan fingerprint density at radius 3 is 1.85 bits per heavy atom. The van der Waals surface area contributed by atoms with Crippen LogP contribution in [0.2, 0.25) is 0 Å². The van der Waals surface area contributed by atoms with Crippen LogP contribution in [-0.2, 0) is 14.8 Å². The van der Waals surface area contributed by atoms with Gasteiger partial charge in [0.25, 0.3) is 5.67 Å². The van der Waals surface area contributed by atoms with Gasteiger partial charge in [-0.3, -0.25) is 4.79 Å². The van der Waals surface area contributed by atoms with Crippen LogP contribution in [0, 0.1) is 0 Å². The zero-order valence-electron chi connectivity index (χ0n) is 14.5. The average molecular weight is 419 g/mol. The molecule has 0 bridgehead atoms. The molecule has 0 saturated heterocycles. The molecule has 0 aliphatic rings. The summed E-state index contributed by atoms with van der Waals surface area (Å²) in [5.41, 5.74) is -5.60. The quantitative estimate of drug-likeness (QED) is 0.336. The molecule has 0 heterocycles. The normalized spacial score (nSPS) is 14.5. The van der Waals surface area contributed by atoms with Crippen LogP contribution in [0.25, 0.3) is 0 Å². The second-order valence-corrected chi connectivity index (χ2v) is 8.56. The molecule has 0 aliphatic carbocycles.